The molecule has 4 nitrogen and oxygen atoms in total. The average Bonchev–Trinajstić information content (AvgIpc) is 3.88. The van der Waals surface area contributed by atoms with Crippen LogP contribution >= 0.6 is 15.9 Å². The third kappa shape index (κ3) is 4.14. The number of amides is 1. The zero-order valence-corrected chi connectivity index (χ0v) is 28.5. The summed E-state index contributed by atoms with van der Waals surface area (Å²) in [5.74, 6) is -0.137. The number of aromatic amines is 1. The number of carbonyl (C=O) groups is 1. The van der Waals surface area contributed by atoms with Gasteiger partial charge < -0.3 is 14.9 Å². The maximum absolute atomic E-state index is 13.8. The molecule has 2 aliphatic rings. The topological polar surface area (TPSA) is 49.8 Å². The lowest BCUT2D eigenvalue weighted by Crippen LogP contribution is -2.42. The largest absolute Gasteiger partial charge is 0.357 e. The van der Waals surface area contributed by atoms with Gasteiger partial charge in [-0.15, -0.1) is 0 Å². The van der Waals surface area contributed by atoms with Gasteiger partial charge in [-0.25, -0.2) is 0 Å². The van der Waals surface area contributed by atoms with Gasteiger partial charge in [0.15, 0.2) is 5.66 Å². The summed E-state index contributed by atoms with van der Waals surface area (Å²) in [6, 6.07) is 55.3. The zero-order valence-electron chi connectivity index (χ0n) is 26.9. The molecule has 0 saturated carbocycles. The van der Waals surface area contributed by atoms with E-state index in [2.05, 4.69) is 176 Å². The number of para-hydroxylation sites is 1. The van der Waals surface area contributed by atoms with E-state index in [4.69, 9.17) is 0 Å². The Hall–Kier alpha value is -5.91. The van der Waals surface area contributed by atoms with E-state index in [9.17, 15) is 4.79 Å². The van der Waals surface area contributed by atoms with E-state index >= 15 is 0 Å². The number of hydrogen-bond donors (Lipinski definition) is 2. The van der Waals surface area contributed by atoms with Gasteiger partial charge in [0.05, 0.1) is 11.2 Å². The van der Waals surface area contributed by atoms with Gasteiger partial charge in [0.25, 0.3) is 5.91 Å². The SMILES string of the molecule is O=C1NC2(C=C(c3ccccc3)c3c(-c4c(C(c5ccccc5)c5ccccc5)[nH]c5cc(Br)ccc45)c4ccccc4n32)c2ccccc21. The number of hydrogen-bond acceptors (Lipinski definition) is 1. The molecule has 1 amide bonds. The first-order chi connectivity index (χ1) is 24.6. The minimum absolute atomic E-state index is 0.0673. The lowest BCUT2D eigenvalue weighted by Gasteiger charge is -2.27. The van der Waals surface area contributed by atoms with Gasteiger partial charge in [0.2, 0.25) is 0 Å². The Labute approximate surface area is 297 Å². The van der Waals surface area contributed by atoms with Crippen LogP contribution in [0, 0.1) is 0 Å². The highest BCUT2D eigenvalue weighted by Crippen LogP contribution is 2.54. The summed E-state index contributed by atoms with van der Waals surface area (Å²) < 4.78 is 3.40. The Balaban J connectivity index is 1.37. The molecule has 2 N–H and O–H groups in total. The van der Waals surface area contributed by atoms with Crippen molar-refractivity contribution in [1.29, 1.82) is 0 Å². The van der Waals surface area contributed by atoms with Crippen LogP contribution < -0.4 is 5.32 Å². The predicted molar refractivity (Wildman–Crippen MR) is 205 cm³/mol. The molecule has 1 spiro atoms. The molecule has 5 heteroatoms. The molecule has 2 aliphatic heterocycles. The van der Waals surface area contributed by atoms with Crippen molar-refractivity contribution in [1.82, 2.24) is 14.9 Å². The molecule has 1 unspecified atom stereocenters. The molecule has 4 heterocycles. The van der Waals surface area contributed by atoms with E-state index in [-0.39, 0.29) is 11.8 Å². The normalized spacial score (nSPS) is 16.3. The molecule has 2 aromatic heterocycles. The third-order valence-electron chi connectivity index (χ3n) is 10.4. The number of aromatic nitrogens is 2. The van der Waals surface area contributed by atoms with E-state index in [0.717, 1.165) is 65.5 Å². The minimum Gasteiger partial charge on any atom is -0.357 e. The molecule has 1 atom stereocenters. The minimum atomic E-state index is -0.889. The van der Waals surface area contributed by atoms with Crippen molar-refractivity contribution in [3.8, 4) is 11.1 Å². The van der Waals surface area contributed by atoms with Crippen molar-refractivity contribution in [2.24, 2.45) is 0 Å². The summed E-state index contributed by atoms with van der Waals surface area (Å²) in [7, 11) is 0. The Kier molecular flexibility index (Phi) is 6.42. The van der Waals surface area contributed by atoms with Crippen LogP contribution in [0.4, 0.5) is 0 Å². The molecule has 238 valence electrons. The van der Waals surface area contributed by atoms with E-state index in [0.29, 0.717) is 5.56 Å². The molecule has 50 heavy (non-hydrogen) atoms. The Bertz CT molecular complexity index is 2620. The first kappa shape index (κ1) is 29.0. The van der Waals surface area contributed by atoms with Crippen LogP contribution in [0.3, 0.4) is 0 Å². The Morgan fingerprint density at radius 1 is 0.640 bits per heavy atom. The highest BCUT2D eigenvalue weighted by Gasteiger charge is 2.50. The smallest absolute Gasteiger partial charge is 0.254 e. The first-order valence-electron chi connectivity index (χ1n) is 16.9. The van der Waals surface area contributed by atoms with Gasteiger partial charge in [0.1, 0.15) is 0 Å². The van der Waals surface area contributed by atoms with Crippen molar-refractivity contribution in [3.05, 3.63) is 207 Å². The highest BCUT2D eigenvalue weighted by molar-refractivity contribution is 9.10. The van der Waals surface area contributed by atoms with Gasteiger partial charge in [0, 0.05) is 60.2 Å². The van der Waals surface area contributed by atoms with Gasteiger partial charge in [-0.1, -0.05) is 149 Å². The van der Waals surface area contributed by atoms with Crippen LogP contribution in [-0.2, 0) is 5.66 Å². The maximum Gasteiger partial charge on any atom is 0.254 e. The summed E-state index contributed by atoms with van der Waals surface area (Å²) in [4.78, 5) is 17.7. The van der Waals surface area contributed by atoms with Crippen LogP contribution in [0.15, 0.2) is 168 Å². The summed E-state index contributed by atoms with van der Waals surface area (Å²) >= 11 is 3.76. The fraction of sp³-hybridized carbons (Fsp3) is 0.0444. The number of nitrogens with one attached hydrogen (secondary N) is 2. The van der Waals surface area contributed by atoms with E-state index in [1.54, 1.807) is 0 Å². The molecule has 0 radical (unpaired) electrons. The summed E-state index contributed by atoms with van der Waals surface area (Å²) in [6.07, 6.45) is 2.27. The van der Waals surface area contributed by atoms with Crippen molar-refractivity contribution < 1.29 is 4.79 Å². The fourth-order valence-corrected chi connectivity index (χ4v) is 8.76. The lowest BCUT2D eigenvalue weighted by molar-refractivity contribution is 0.0937. The van der Waals surface area contributed by atoms with E-state index in [1.165, 1.54) is 11.1 Å². The van der Waals surface area contributed by atoms with Gasteiger partial charge in [-0.2, -0.15) is 0 Å². The van der Waals surface area contributed by atoms with Crippen molar-refractivity contribution in [2.45, 2.75) is 11.6 Å². The molecule has 8 aromatic rings. The third-order valence-corrected chi connectivity index (χ3v) is 10.9. The second-order valence-corrected chi connectivity index (χ2v) is 14.0. The molecule has 0 bridgehead atoms. The molecule has 0 aliphatic carbocycles. The van der Waals surface area contributed by atoms with Crippen LogP contribution in [0.5, 0.6) is 0 Å². The summed E-state index contributed by atoms with van der Waals surface area (Å²) in [5.41, 5.74) is 12.0. The van der Waals surface area contributed by atoms with Gasteiger partial charge >= 0.3 is 0 Å². The van der Waals surface area contributed by atoms with E-state index < -0.39 is 5.66 Å². The van der Waals surface area contributed by atoms with Crippen molar-refractivity contribution in [3.63, 3.8) is 0 Å². The number of fused-ring (bicyclic) bond motifs is 7. The number of H-pyrrole nitrogens is 1. The van der Waals surface area contributed by atoms with Crippen LogP contribution in [-0.4, -0.2) is 15.5 Å². The predicted octanol–water partition coefficient (Wildman–Crippen LogP) is 10.6. The summed E-state index contributed by atoms with van der Waals surface area (Å²) in [6.45, 7) is 0. The number of nitrogens with zero attached hydrogens (tertiary/aromatic N) is 1. The molecular formula is C45H30BrN3O. The summed E-state index contributed by atoms with van der Waals surface area (Å²) in [5, 5.41) is 5.74. The van der Waals surface area contributed by atoms with E-state index in [1.807, 2.05) is 18.2 Å². The first-order valence-corrected chi connectivity index (χ1v) is 17.7. The van der Waals surface area contributed by atoms with Crippen LogP contribution in [0.2, 0.25) is 0 Å². The molecule has 0 saturated heterocycles. The second kappa shape index (κ2) is 11.1. The zero-order chi connectivity index (χ0) is 33.4. The number of rotatable bonds is 5. The molecule has 0 fully saturated rings. The number of benzene rings is 6. The Morgan fingerprint density at radius 3 is 2.02 bits per heavy atom. The quantitative estimate of drug-likeness (QED) is 0.184. The van der Waals surface area contributed by atoms with Gasteiger partial charge in [-0.05, 0) is 47.0 Å². The van der Waals surface area contributed by atoms with Crippen LogP contribution in [0.1, 0.15) is 49.9 Å². The van der Waals surface area contributed by atoms with Gasteiger partial charge in [-0.3, -0.25) is 4.79 Å². The number of carbonyl (C=O) groups excluding carboxylic acids is 1. The van der Waals surface area contributed by atoms with Crippen LogP contribution in [0.25, 0.3) is 38.5 Å². The monoisotopic (exact) mass is 707 g/mol. The molecular weight excluding hydrogens is 678 g/mol. The fourth-order valence-electron chi connectivity index (χ4n) is 8.40. The Morgan fingerprint density at radius 2 is 1.28 bits per heavy atom. The van der Waals surface area contributed by atoms with Crippen molar-refractivity contribution >= 4 is 49.2 Å². The molecule has 10 rings (SSSR count). The standard InChI is InChI=1S/C45H30BrN3O/c46-31-24-25-33-37(26-31)47-42(39(29-16-6-2-7-17-29)30-18-8-3-9-19-30)40(33)41-34-21-11-13-23-38(34)49-43(41)35(28-14-4-1-5-15-28)27-45(49)36-22-12-10-20-32(36)44(50)48-45/h1-27,39,47H,(H,48,50). The average molecular weight is 709 g/mol. The maximum atomic E-state index is 13.8. The second-order valence-electron chi connectivity index (χ2n) is 13.1. The highest BCUT2D eigenvalue weighted by atomic mass is 79.9. The molecule has 6 aromatic carbocycles. The lowest BCUT2D eigenvalue weighted by atomic mass is 9.83. The number of halogens is 1. The van der Waals surface area contributed by atoms with Crippen molar-refractivity contribution in [2.75, 3.05) is 0 Å².